The first-order valence-corrected chi connectivity index (χ1v) is 11.5. The minimum Gasteiger partial charge on any atom is -0.506 e. The Morgan fingerprint density at radius 2 is 1.90 bits per heavy atom. The maximum absolute atomic E-state index is 13.5. The molecule has 160 valence electrons. The van der Waals surface area contributed by atoms with Gasteiger partial charge in [0.2, 0.25) is 0 Å². The predicted octanol–water partition coefficient (Wildman–Crippen LogP) is 4.63. The molecule has 3 aromatic rings. The first kappa shape index (κ1) is 19.8. The largest absolute Gasteiger partial charge is 0.506 e. The summed E-state index contributed by atoms with van der Waals surface area (Å²) in [6.07, 6.45) is 2.64. The molecule has 0 radical (unpaired) electrons. The van der Waals surface area contributed by atoms with Crippen LogP contribution in [0.1, 0.15) is 31.7 Å². The Bertz CT molecular complexity index is 1330. The number of fused-ring (bicyclic) bond motifs is 2. The van der Waals surface area contributed by atoms with E-state index in [0.717, 1.165) is 25.0 Å². The number of hydrogen-bond acceptors (Lipinski definition) is 7. The first-order valence-electron chi connectivity index (χ1n) is 10.0. The SMILES string of the molecule is CC1CCC(=Nn2c(=O)c(C3=NS(O)(O)c4ccccc4N3)c(O)c3ccccc32)C1. The van der Waals surface area contributed by atoms with Crippen molar-refractivity contribution >= 4 is 38.9 Å². The highest BCUT2D eigenvalue weighted by Gasteiger charge is 2.30. The summed E-state index contributed by atoms with van der Waals surface area (Å²) in [5, 5.41) is 19.0. The van der Waals surface area contributed by atoms with Crippen LogP contribution in [0.4, 0.5) is 5.69 Å². The minimum absolute atomic E-state index is 0.0966. The zero-order valence-corrected chi connectivity index (χ0v) is 17.6. The summed E-state index contributed by atoms with van der Waals surface area (Å²) in [5.41, 5.74) is 1.09. The highest BCUT2D eigenvalue weighted by molar-refractivity contribution is 8.23. The number of pyridine rings is 1. The number of hydrogen-bond donors (Lipinski definition) is 4. The Hall–Kier alpha value is -3.14. The summed E-state index contributed by atoms with van der Waals surface area (Å²) in [6, 6.07) is 13.6. The standard InChI is InChI=1S/C22H22N4O4S/c1-13-10-11-14(12-13)24-26-17-8-4-2-6-15(17)20(27)19(22(26)28)21-23-16-7-3-5-9-18(16)31(29,30)25-21/h2-9,13,27,29-30H,10-12H2,1H3,(H,23,25). The van der Waals surface area contributed by atoms with E-state index in [1.165, 1.54) is 4.68 Å². The molecule has 5 rings (SSSR count). The Kier molecular flexibility index (Phi) is 4.62. The van der Waals surface area contributed by atoms with Gasteiger partial charge in [0.15, 0.2) is 5.84 Å². The second-order valence-corrected chi connectivity index (χ2v) is 9.61. The smallest absolute Gasteiger partial charge is 0.286 e. The van der Waals surface area contributed by atoms with Gasteiger partial charge in [0.1, 0.15) is 16.2 Å². The van der Waals surface area contributed by atoms with Gasteiger partial charge >= 0.3 is 0 Å². The molecule has 0 saturated heterocycles. The summed E-state index contributed by atoms with van der Waals surface area (Å²) >= 11 is 0. The van der Waals surface area contributed by atoms with Crippen LogP contribution in [0.2, 0.25) is 0 Å². The molecule has 1 aromatic heterocycles. The second kappa shape index (κ2) is 7.23. The van der Waals surface area contributed by atoms with Crippen molar-refractivity contribution < 1.29 is 14.2 Å². The van der Waals surface area contributed by atoms with E-state index < -0.39 is 16.3 Å². The van der Waals surface area contributed by atoms with Crippen molar-refractivity contribution in [3.63, 3.8) is 0 Å². The average molecular weight is 439 g/mol. The van der Waals surface area contributed by atoms with Crippen molar-refractivity contribution in [3.05, 3.63) is 64.4 Å². The number of amidine groups is 1. The van der Waals surface area contributed by atoms with Crippen molar-refractivity contribution in [1.29, 1.82) is 0 Å². The van der Waals surface area contributed by atoms with Gasteiger partial charge < -0.3 is 10.4 Å². The molecule has 1 atom stereocenters. The lowest BCUT2D eigenvalue weighted by Gasteiger charge is -2.34. The van der Waals surface area contributed by atoms with E-state index in [4.69, 9.17) is 0 Å². The van der Waals surface area contributed by atoms with Crippen LogP contribution in [0, 0.1) is 5.92 Å². The highest BCUT2D eigenvalue weighted by atomic mass is 32.3. The zero-order valence-electron chi connectivity index (χ0n) is 16.8. The molecule has 1 aliphatic heterocycles. The molecule has 9 heteroatoms. The second-order valence-electron chi connectivity index (χ2n) is 7.95. The lowest BCUT2D eigenvalue weighted by atomic mass is 10.1. The maximum atomic E-state index is 13.5. The molecule has 0 bridgehead atoms. The maximum Gasteiger partial charge on any atom is 0.286 e. The molecule has 2 heterocycles. The van der Waals surface area contributed by atoms with E-state index in [1.54, 1.807) is 48.5 Å². The van der Waals surface area contributed by atoms with E-state index in [9.17, 15) is 19.0 Å². The van der Waals surface area contributed by atoms with Gasteiger partial charge in [-0.1, -0.05) is 42.0 Å². The van der Waals surface area contributed by atoms with Gasteiger partial charge in [-0.25, -0.2) is 0 Å². The number of nitrogens with one attached hydrogen (secondary N) is 1. The molecule has 0 spiro atoms. The predicted molar refractivity (Wildman–Crippen MR) is 123 cm³/mol. The fourth-order valence-electron chi connectivity index (χ4n) is 4.12. The van der Waals surface area contributed by atoms with Gasteiger partial charge in [0, 0.05) is 11.1 Å². The molecule has 4 N–H and O–H groups in total. The minimum atomic E-state index is -3.54. The molecular formula is C22H22N4O4S. The fraction of sp³-hybridized carbons (Fsp3) is 0.227. The number of aromatic hydroxyl groups is 1. The normalized spacial score (nSPS) is 22.1. The number of para-hydroxylation sites is 2. The molecule has 1 unspecified atom stereocenters. The van der Waals surface area contributed by atoms with Crippen molar-refractivity contribution in [3.8, 4) is 5.75 Å². The zero-order chi connectivity index (χ0) is 21.8. The summed E-state index contributed by atoms with van der Waals surface area (Å²) in [7, 11) is -3.54. The number of nitrogens with zero attached hydrogens (tertiary/aromatic N) is 3. The molecule has 1 fully saturated rings. The Morgan fingerprint density at radius 3 is 2.68 bits per heavy atom. The van der Waals surface area contributed by atoms with Crippen LogP contribution >= 0.6 is 10.8 Å². The van der Waals surface area contributed by atoms with Gasteiger partial charge in [-0.05, 0) is 49.4 Å². The van der Waals surface area contributed by atoms with Gasteiger partial charge in [0.25, 0.3) is 5.56 Å². The van der Waals surface area contributed by atoms with Crippen LogP contribution in [0.3, 0.4) is 0 Å². The number of benzene rings is 2. The molecule has 1 saturated carbocycles. The van der Waals surface area contributed by atoms with Crippen molar-refractivity contribution in [2.24, 2.45) is 15.4 Å². The monoisotopic (exact) mass is 438 g/mol. The molecule has 0 amide bonds. The number of aromatic nitrogens is 1. The summed E-state index contributed by atoms with van der Waals surface area (Å²) in [6.45, 7) is 2.15. The van der Waals surface area contributed by atoms with E-state index in [0.29, 0.717) is 22.5 Å². The highest BCUT2D eigenvalue weighted by Crippen LogP contribution is 2.55. The third-order valence-corrected chi connectivity index (χ3v) is 7.06. The molecule has 1 aliphatic carbocycles. The molecule has 2 aliphatic rings. The van der Waals surface area contributed by atoms with Crippen LogP contribution in [0.25, 0.3) is 10.9 Å². The molecule has 2 aromatic carbocycles. The third kappa shape index (κ3) is 3.31. The molecular weight excluding hydrogens is 416 g/mol. The van der Waals surface area contributed by atoms with Gasteiger partial charge in [-0.15, -0.1) is 4.40 Å². The number of rotatable bonds is 2. The van der Waals surface area contributed by atoms with E-state index in [1.807, 2.05) is 0 Å². The quantitative estimate of drug-likeness (QED) is 0.465. The van der Waals surface area contributed by atoms with Gasteiger partial charge in [-0.2, -0.15) is 9.78 Å². The average Bonchev–Trinajstić information content (AvgIpc) is 3.16. The van der Waals surface area contributed by atoms with E-state index in [-0.39, 0.29) is 22.0 Å². The Balaban J connectivity index is 1.76. The van der Waals surface area contributed by atoms with E-state index >= 15 is 0 Å². The Morgan fingerprint density at radius 1 is 1.16 bits per heavy atom. The Labute approximate surface area is 180 Å². The third-order valence-electron chi connectivity index (χ3n) is 5.67. The van der Waals surface area contributed by atoms with Gasteiger partial charge in [-0.3, -0.25) is 13.9 Å². The van der Waals surface area contributed by atoms with Crippen LogP contribution in [-0.4, -0.2) is 30.4 Å². The number of anilines is 1. The van der Waals surface area contributed by atoms with E-state index in [2.05, 4.69) is 21.7 Å². The van der Waals surface area contributed by atoms with Crippen LogP contribution in [0.15, 0.2) is 67.7 Å². The molecule has 8 nitrogen and oxygen atoms in total. The van der Waals surface area contributed by atoms with Gasteiger partial charge in [0.05, 0.1) is 11.2 Å². The topological polar surface area (TPSA) is 119 Å². The van der Waals surface area contributed by atoms with Crippen molar-refractivity contribution in [2.45, 2.75) is 31.1 Å². The molecule has 31 heavy (non-hydrogen) atoms. The van der Waals surface area contributed by atoms with Crippen LogP contribution < -0.4 is 10.9 Å². The van der Waals surface area contributed by atoms with Crippen LogP contribution in [0.5, 0.6) is 5.75 Å². The summed E-state index contributed by atoms with van der Waals surface area (Å²) < 4.78 is 26.5. The van der Waals surface area contributed by atoms with Crippen molar-refractivity contribution in [1.82, 2.24) is 4.68 Å². The lowest BCUT2D eigenvalue weighted by Crippen LogP contribution is -2.31. The fourth-order valence-corrected chi connectivity index (χ4v) is 5.28. The van der Waals surface area contributed by atoms with Crippen molar-refractivity contribution in [2.75, 3.05) is 5.32 Å². The lowest BCUT2D eigenvalue weighted by molar-refractivity contribution is 0.478. The summed E-state index contributed by atoms with van der Waals surface area (Å²) in [5.74, 6) is 0.129. The first-order chi connectivity index (χ1) is 14.8. The summed E-state index contributed by atoms with van der Waals surface area (Å²) in [4.78, 5) is 13.8. The van der Waals surface area contributed by atoms with Crippen LogP contribution in [-0.2, 0) is 0 Å².